The van der Waals surface area contributed by atoms with Crippen molar-refractivity contribution in [3.63, 3.8) is 0 Å². The van der Waals surface area contributed by atoms with Gasteiger partial charge in [-0.3, -0.25) is 0 Å². The predicted molar refractivity (Wildman–Crippen MR) is 76.1 cm³/mol. The van der Waals surface area contributed by atoms with Gasteiger partial charge in [0.25, 0.3) is 0 Å². The lowest BCUT2D eigenvalue weighted by molar-refractivity contribution is -0.0498. The lowest BCUT2D eigenvalue weighted by Gasteiger charge is -2.29. The van der Waals surface area contributed by atoms with Gasteiger partial charge in [0.15, 0.2) is 0 Å². The molecule has 0 amide bonds. The molecule has 21 heavy (non-hydrogen) atoms. The Kier molecular flexibility index (Phi) is 3.64. The van der Waals surface area contributed by atoms with Crippen molar-refractivity contribution in [3.8, 4) is 11.5 Å². The topological polar surface area (TPSA) is 30.5 Å². The van der Waals surface area contributed by atoms with Crippen LogP contribution in [0, 0.1) is 6.92 Å². The normalized spacial score (nSPS) is 16.9. The van der Waals surface area contributed by atoms with Gasteiger partial charge in [0.2, 0.25) is 0 Å². The number of rotatable bonds is 3. The number of alkyl halides is 2. The van der Waals surface area contributed by atoms with Crippen molar-refractivity contribution < 1.29 is 18.3 Å². The van der Waals surface area contributed by atoms with Crippen molar-refractivity contribution in [3.05, 3.63) is 53.6 Å². The summed E-state index contributed by atoms with van der Waals surface area (Å²) in [5.74, 6) is 0.982. The van der Waals surface area contributed by atoms with Crippen LogP contribution >= 0.6 is 0 Å². The van der Waals surface area contributed by atoms with Gasteiger partial charge in [0.05, 0.1) is 12.2 Å². The monoisotopic (exact) mass is 291 g/mol. The van der Waals surface area contributed by atoms with Crippen LogP contribution in [0.4, 0.5) is 14.5 Å². The van der Waals surface area contributed by atoms with Crippen molar-refractivity contribution in [2.24, 2.45) is 0 Å². The molecular formula is C16H15F2NO2. The van der Waals surface area contributed by atoms with Crippen molar-refractivity contribution in [2.75, 3.05) is 11.9 Å². The third-order valence-electron chi connectivity index (χ3n) is 3.43. The molecule has 1 aliphatic heterocycles. The van der Waals surface area contributed by atoms with Gasteiger partial charge >= 0.3 is 6.61 Å². The van der Waals surface area contributed by atoms with E-state index in [4.69, 9.17) is 4.74 Å². The van der Waals surface area contributed by atoms with Crippen LogP contribution in [0.15, 0.2) is 42.5 Å². The summed E-state index contributed by atoms with van der Waals surface area (Å²) in [5.41, 5.74) is 2.95. The number of anilines is 1. The summed E-state index contributed by atoms with van der Waals surface area (Å²) in [4.78, 5) is 0. The van der Waals surface area contributed by atoms with Crippen LogP contribution in [0.25, 0.3) is 0 Å². The Bertz CT molecular complexity index is 629. The fourth-order valence-corrected chi connectivity index (χ4v) is 2.38. The molecule has 2 aromatic carbocycles. The Labute approximate surface area is 121 Å². The molecule has 0 spiro atoms. The van der Waals surface area contributed by atoms with Gasteiger partial charge in [-0.05, 0) is 36.2 Å². The Balaban J connectivity index is 1.78. The summed E-state index contributed by atoms with van der Waals surface area (Å²) in [5, 5.41) is 3.32. The SMILES string of the molecule is Cc1cccc2c1OC(c1ccc(OC(F)F)cc1)CN2. The third-order valence-corrected chi connectivity index (χ3v) is 3.43. The average molecular weight is 291 g/mol. The number of hydrogen-bond donors (Lipinski definition) is 1. The van der Waals surface area contributed by atoms with Gasteiger partial charge in [0.1, 0.15) is 17.6 Å². The van der Waals surface area contributed by atoms with E-state index in [1.54, 1.807) is 12.1 Å². The molecular weight excluding hydrogens is 276 g/mol. The summed E-state index contributed by atoms with van der Waals surface area (Å²) in [6.07, 6.45) is -0.154. The Morgan fingerprint density at radius 1 is 1.19 bits per heavy atom. The second kappa shape index (κ2) is 5.60. The lowest BCUT2D eigenvalue weighted by atomic mass is 10.1. The minimum absolute atomic E-state index is 0.147. The summed E-state index contributed by atoms with van der Waals surface area (Å²) < 4.78 is 34.6. The molecule has 3 nitrogen and oxygen atoms in total. The van der Waals surface area contributed by atoms with Crippen molar-refractivity contribution >= 4 is 5.69 Å². The van der Waals surface area contributed by atoms with Crippen molar-refractivity contribution in [1.82, 2.24) is 0 Å². The highest BCUT2D eigenvalue weighted by Gasteiger charge is 2.22. The van der Waals surface area contributed by atoms with E-state index in [-0.39, 0.29) is 11.9 Å². The number of aryl methyl sites for hydroxylation is 1. The minimum Gasteiger partial charge on any atom is -0.481 e. The fraction of sp³-hybridized carbons (Fsp3) is 0.250. The summed E-state index contributed by atoms with van der Waals surface area (Å²) in [6.45, 7) is -0.188. The maximum Gasteiger partial charge on any atom is 0.387 e. The van der Waals surface area contributed by atoms with Gasteiger partial charge in [-0.25, -0.2) is 0 Å². The highest BCUT2D eigenvalue weighted by Crippen LogP contribution is 2.36. The van der Waals surface area contributed by atoms with E-state index in [1.165, 1.54) is 12.1 Å². The minimum atomic E-state index is -2.81. The number of para-hydroxylation sites is 1. The molecule has 1 N–H and O–H groups in total. The van der Waals surface area contributed by atoms with Crippen LogP contribution in [-0.2, 0) is 0 Å². The summed E-state index contributed by atoms with van der Waals surface area (Å²) in [7, 11) is 0. The molecule has 0 saturated heterocycles. The van der Waals surface area contributed by atoms with E-state index in [0.717, 1.165) is 22.6 Å². The number of halogens is 2. The first kappa shape index (κ1) is 13.7. The average Bonchev–Trinajstić information content (AvgIpc) is 2.48. The molecule has 2 aromatic rings. The zero-order valence-electron chi connectivity index (χ0n) is 11.5. The van der Waals surface area contributed by atoms with Crippen LogP contribution < -0.4 is 14.8 Å². The summed E-state index contributed by atoms with van der Waals surface area (Å²) in [6, 6.07) is 12.5. The van der Waals surface area contributed by atoms with E-state index in [2.05, 4.69) is 10.1 Å². The van der Waals surface area contributed by atoms with Crippen LogP contribution in [-0.4, -0.2) is 13.2 Å². The number of nitrogens with one attached hydrogen (secondary N) is 1. The maximum atomic E-state index is 12.1. The molecule has 0 saturated carbocycles. The fourth-order valence-electron chi connectivity index (χ4n) is 2.38. The Morgan fingerprint density at radius 3 is 2.67 bits per heavy atom. The van der Waals surface area contributed by atoms with E-state index in [1.807, 2.05) is 25.1 Å². The number of hydrogen-bond acceptors (Lipinski definition) is 3. The molecule has 3 rings (SSSR count). The van der Waals surface area contributed by atoms with Gasteiger partial charge in [0, 0.05) is 0 Å². The van der Waals surface area contributed by atoms with E-state index < -0.39 is 6.61 Å². The van der Waals surface area contributed by atoms with Crippen molar-refractivity contribution in [2.45, 2.75) is 19.6 Å². The second-order valence-corrected chi connectivity index (χ2v) is 4.89. The highest BCUT2D eigenvalue weighted by atomic mass is 19.3. The molecule has 0 aromatic heterocycles. The van der Waals surface area contributed by atoms with Gasteiger partial charge in [-0.2, -0.15) is 8.78 Å². The number of ether oxygens (including phenoxy) is 2. The molecule has 1 unspecified atom stereocenters. The quantitative estimate of drug-likeness (QED) is 0.921. The number of benzene rings is 2. The van der Waals surface area contributed by atoms with E-state index >= 15 is 0 Å². The van der Waals surface area contributed by atoms with Gasteiger partial charge in [-0.15, -0.1) is 0 Å². The largest absolute Gasteiger partial charge is 0.481 e. The van der Waals surface area contributed by atoms with E-state index in [0.29, 0.717) is 6.54 Å². The molecule has 1 heterocycles. The molecule has 0 radical (unpaired) electrons. The lowest BCUT2D eigenvalue weighted by Crippen LogP contribution is -2.24. The van der Waals surface area contributed by atoms with Gasteiger partial charge < -0.3 is 14.8 Å². The molecule has 0 fully saturated rings. The molecule has 1 aliphatic rings. The Hall–Kier alpha value is -2.30. The third kappa shape index (κ3) is 2.91. The first-order valence-electron chi connectivity index (χ1n) is 6.68. The van der Waals surface area contributed by atoms with Gasteiger partial charge in [-0.1, -0.05) is 24.3 Å². The standard InChI is InChI=1S/C16H15F2NO2/c1-10-3-2-4-13-15(10)21-14(9-19-13)11-5-7-12(8-6-11)20-16(17)18/h2-8,14,16,19H,9H2,1H3. The number of fused-ring (bicyclic) bond motifs is 1. The summed E-state index contributed by atoms with van der Waals surface area (Å²) >= 11 is 0. The van der Waals surface area contributed by atoms with Crippen LogP contribution in [0.5, 0.6) is 11.5 Å². The first-order chi connectivity index (χ1) is 10.1. The van der Waals surface area contributed by atoms with Crippen molar-refractivity contribution in [1.29, 1.82) is 0 Å². The molecule has 5 heteroatoms. The zero-order chi connectivity index (χ0) is 14.8. The van der Waals surface area contributed by atoms with Crippen LogP contribution in [0.3, 0.4) is 0 Å². The highest BCUT2D eigenvalue weighted by molar-refractivity contribution is 5.61. The smallest absolute Gasteiger partial charge is 0.387 e. The molecule has 1 atom stereocenters. The van der Waals surface area contributed by atoms with Crippen LogP contribution in [0.1, 0.15) is 17.2 Å². The molecule has 0 aliphatic carbocycles. The molecule has 0 bridgehead atoms. The van der Waals surface area contributed by atoms with E-state index in [9.17, 15) is 8.78 Å². The second-order valence-electron chi connectivity index (χ2n) is 4.89. The maximum absolute atomic E-state index is 12.1. The predicted octanol–water partition coefficient (Wildman–Crippen LogP) is 4.14. The molecule has 110 valence electrons. The van der Waals surface area contributed by atoms with Crippen LogP contribution in [0.2, 0.25) is 0 Å². The first-order valence-corrected chi connectivity index (χ1v) is 6.68. The Morgan fingerprint density at radius 2 is 1.95 bits per heavy atom. The zero-order valence-corrected chi connectivity index (χ0v) is 11.5.